The van der Waals surface area contributed by atoms with Crippen molar-refractivity contribution in [1.29, 1.82) is 0 Å². The quantitative estimate of drug-likeness (QED) is 0.743. The Morgan fingerprint density at radius 3 is 2.29 bits per heavy atom. The van der Waals surface area contributed by atoms with Gasteiger partial charge in [-0.25, -0.2) is 0 Å². The topological polar surface area (TPSA) is 29.5 Å². The molecule has 1 aromatic rings. The summed E-state index contributed by atoms with van der Waals surface area (Å²) < 4.78 is 5.48. The molecule has 0 bridgehead atoms. The SMILES string of the molecule is C=CC(O)c1ccc(OC(C)C)cc1. The zero-order valence-electron chi connectivity index (χ0n) is 8.60. The van der Waals surface area contributed by atoms with Gasteiger partial charge in [0.2, 0.25) is 0 Å². The molecule has 0 aliphatic heterocycles. The van der Waals surface area contributed by atoms with Gasteiger partial charge in [0.15, 0.2) is 0 Å². The van der Waals surface area contributed by atoms with Crippen LogP contribution in [0.5, 0.6) is 5.75 Å². The molecule has 0 saturated carbocycles. The second kappa shape index (κ2) is 4.82. The lowest BCUT2D eigenvalue weighted by Gasteiger charge is -2.11. The van der Waals surface area contributed by atoms with Crippen molar-refractivity contribution in [2.24, 2.45) is 0 Å². The van der Waals surface area contributed by atoms with Crippen LogP contribution < -0.4 is 4.74 Å². The van der Waals surface area contributed by atoms with Gasteiger partial charge in [-0.1, -0.05) is 18.2 Å². The summed E-state index contributed by atoms with van der Waals surface area (Å²) in [5.41, 5.74) is 0.830. The Morgan fingerprint density at radius 1 is 1.29 bits per heavy atom. The Hall–Kier alpha value is -1.28. The Balaban J connectivity index is 2.73. The number of aliphatic hydroxyl groups is 1. The molecule has 0 spiro atoms. The minimum absolute atomic E-state index is 0.171. The first kappa shape index (κ1) is 10.8. The summed E-state index contributed by atoms with van der Waals surface area (Å²) >= 11 is 0. The lowest BCUT2D eigenvalue weighted by atomic mass is 10.1. The highest BCUT2D eigenvalue weighted by Crippen LogP contribution is 2.18. The Bertz CT molecular complexity index is 288. The molecular formula is C12H16O2. The molecule has 1 unspecified atom stereocenters. The first-order valence-corrected chi connectivity index (χ1v) is 4.70. The second-order valence-electron chi connectivity index (χ2n) is 3.42. The maximum atomic E-state index is 9.44. The summed E-state index contributed by atoms with van der Waals surface area (Å²) in [6.07, 6.45) is 1.08. The van der Waals surface area contributed by atoms with E-state index in [-0.39, 0.29) is 6.10 Å². The summed E-state index contributed by atoms with van der Waals surface area (Å²) in [6, 6.07) is 7.37. The average molecular weight is 192 g/mol. The van der Waals surface area contributed by atoms with Crippen LogP contribution in [0.15, 0.2) is 36.9 Å². The Labute approximate surface area is 84.8 Å². The van der Waals surface area contributed by atoms with Gasteiger partial charge in [-0.3, -0.25) is 0 Å². The van der Waals surface area contributed by atoms with E-state index in [1.54, 1.807) is 0 Å². The lowest BCUT2D eigenvalue weighted by Crippen LogP contribution is -2.05. The molecule has 0 saturated heterocycles. The maximum Gasteiger partial charge on any atom is 0.119 e. The van der Waals surface area contributed by atoms with Gasteiger partial charge in [0.25, 0.3) is 0 Å². The number of benzene rings is 1. The maximum absolute atomic E-state index is 9.44. The minimum atomic E-state index is -0.594. The van der Waals surface area contributed by atoms with Crippen LogP contribution in [0.3, 0.4) is 0 Å². The van der Waals surface area contributed by atoms with E-state index in [0.29, 0.717) is 0 Å². The Morgan fingerprint density at radius 2 is 1.86 bits per heavy atom. The third-order valence-corrected chi connectivity index (χ3v) is 1.82. The molecule has 0 radical (unpaired) electrons. The number of hydrogen-bond donors (Lipinski definition) is 1. The summed E-state index contributed by atoms with van der Waals surface area (Å²) in [5, 5.41) is 9.44. The molecule has 76 valence electrons. The van der Waals surface area contributed by atoms with Crippen molar-refractivity contribution >= 4 is 0 Å². The summed E-state index contributed by atoms with van der Waals surface area (Å²) in [7, 11) is 0. The van der Waals surface area contributed by atoms with Crippen molar-refractivity contribution in [1.82, 2.24) is 0 Å². The van der Waals surface area contributed by atoms with Crippen LogP contribution in [0.1, 0.15) is 25.5 Å². The molecule has 0 fully saturated rings. The monoisotopic (exact) mass is 192 g/mol. The van der Waals surface area contributed by atoms with Crippen LogP contribution in [0.25, 0.3) is 0 Å². The first-order valence-electron chi connectivity index (χ1n) is 4.70. The molecule has 2 heteroatoms. The molecule has 0 aromatic heterocycles. The van der Waals surface area contributed by atoms with E-state index in [1.807, 2.05) is 38.1 Å². The smallest absolute Gasteiger partial charge is 0.119 e. The molecule has 2 nitrogen and oxygen atoms in total. The molecular weight excluding hydrogens is 176 g/mol. The standard InChI is InChI=1S/C12H16O2/c1-4-12(13)10-5-7-11(8-6-10)14-9(2)3/h4-9,12-13H,1H2,2-3H3. The Kier molecular flexibility index (Phi) is 3.72. The molecule has 1 aromatic carbocycles. The number of rotatable bonds is 4. The fraction of sp³-hybridized carbons (Fsp3) is 0.333. The normalized spacial score (nSPS) is 12.6. The molecule has 0 heterocycles. The fourth-order valence-electron chi connectivity index (χ4n) is 1.15. The number of hydrogen-bond acceptors (Lipinski definition) is 2. The summed E-state index contributed by atoms with van der Waals surface area (Å²) in [5.74, 6) is 0.819. The van der Waals surface area contributed by atoms with Gasteiger partial charge in [0.1, 0.15) is 5.75 Å². The van der Waals surface area contributed by atoms with Gasteiger partial charge < -0.3 is 9.84 Å². The zero-order valence-corrected chi connectivity index (χ0v) is 8.60. The van der Waals surface area contributed by atoms with Gasteiger partial charge in [-0.05, 0) is 31.5 Å². The van der Waals surface area contributed by atoms with Crippen LogP contribution in [-0.4, -0.2) is 11.2 Å². The molecule has 0 aliphatic carbocycles. The van der Waals surface area contributed by atoms with Crippen molar-refractivity contribution in [2.45, 2.75) is 26.1 Å². The average Bonchev–Trinajstić information content (AvgIpc) is 2.17. The highest BCUT2D eigenvalue weighted by atomic mass is 16.5. The predicted molar refractivity (Wildman–Crippen MR) is 57.4 cm³/mol. The second-order valence-corrected chi connectivity index (χ2v) is 3.42. The fourth-order valence-corrected chi connectivity index (χ4v) is 1.15. The van der Waals surface area contributed by atoms with Gasteiger partial charge >= 0.3 is 0 Å². The molecule has 1 atom stereocenters. The molecule has 0 aliphatic rings. The molecule has 1 rings (SSSR count). The number of aliphatic hydroxyl groups excluding tert-OH is 1. The van der Waals surface area contributed by atoms with E-state index in [2.05, 4.69) is 6.58 Å². The van der Waals surface area contributed by atoms with Gasteiger partial charge in [-0.15, -0.1) is 6.58 Å². The van der Waals surface area contributed by atoms with E-state index in [4.69, 9.17) is 4.74 Å². The van der Waals surface area contributed by atoms with Crippen LogP contribution in [0.2, 0.25) is 0 Å². The third kappa shape index (κ3) is 2.89. The van der Waals surface area contributed by atoms with E-state index in [0.717, 1.165) is 11.3 Å². The van der Waals surface area contributed by atoms with Crippen LogP contribution in [0, 0.1) is 0 Å². The number of ether oxygens (including phenoxy) is 1. The van der Waals surface area contributed by atoms with Crippen molar-refractivity contribution in [3.8, 4) is 5.75 Å². The van der Waals surface area contributed by atoms with Crippen molar-refractivity contribution < 1.29 is 9.84 Å². The van der Waals surface area contributed by atoms with E-state index < -0.39 is 6.10 Å². The van der Waals surface area contributed by atoms with Crippen molar-refractivity contribution in [2.75, 3.05) is 0 Å². The third-order valence-electron chi connectivity index (χ3n) is 1.82. The van der Waals surface area contributed by atoms with Gasteiger partial charge in [0, 0.05) is 0 Å². The lowest BCUT2D eigenvalue weighted by molar-refractivity contribution is 0.227. The van der Waals surface area contributed by atoms with Crippen LogP contribution in [-0.2, 0) is 0 Å². The van der Waals surface area contributed by atoms with Gasteiger partial charge in [0.05, 0.1) is 12.2 Å². The minimum Gasteiger partial charge on any atom is -0.491 e. The highest BCUT2D eigenvalue weighted by molar-refractivity contribution is 5.29. The largest absolute Gasteiger partial charge is 0.491 e. The summed E-state index contributed by atoms with van der Waals surface area (Å²) in [4.78, 5) is 0. The van der Waals surface area contributed by atoms with Crippen LogP contribution >= 0.6 is 0 Å². The van der Waals surface area contributed by atoms with E-state index in [9.17, 15) is 5.11 Å². The highest BCUT2D eigenvalue weighted by Gasteiger charge is 2.02. The molecule has 0 amide bonds. The van der Waals surface area contributed by atoms with Crippen molar-refractivity contribution in [3.63, 3.8) is 0 Å². The molecule has 14 heavy (non-hydrogen) atoms. The van der Waals surface area contributed by atoms with Crippen molar-refractivity contribution in [3.05, 3.63) is 42.5 Å². The zero-order chi connectivity index (χ0) is 10.6. The predicted octanol–water partition coefficient (Wildman–Crippen LogP) is 2.69. The van der Waals surface area contributed by atoms with E-state index >= 15 is 0 Å². The summed E-state index contributed by atoms with van der Waals surface area (Å²) in [6.45, 7) is 7.48. The van der Waals surface area contributed by atoms with Gasteiger partial charge in [-0.2, -0.15) is 0 Å². The molecule has 1 N–H and O–H groups in total. The first-order chi connectivity index (χ1) is 6.63. The van der Waals surface area contributed by atoms with Crippen LogP contribution in [0.4, 0.5) is 0 Å². The van der Waals surface area contributed by atoms with E-state index in [1.165, 1.54) is 6.08 Å².